The predicted molar refractivity (Wildman–Crippen MR) is 89.3 cm³/mol. The van der Waals surface area contributed by atoms with Crippen LogP contribution in [0.4, 0.5) is 0 Å². The van der Waals surface area contributed by atoms with E-state index in [2.05, 4.69) is 0 Å². The Morgan fingerprint density at radius 2 is 1.23 bits per heavy atom. The lowest BCUT2D eigenvalue weighted by Crippen LogP contribution is -2.45. The third kappa shape index (κ3) is 5.05. The van der Waals surface area contributed by atoms with Crippen molar-refractivity contribution in [2.24, 2.45) is 0 Å². The molecule has 1 aliphatic carbocycles. The molecule has 0 aromatic heterocycles. The molecule has 0 bridgehead atoms. The first-order chi connectivity index (χ1) is 10.6. The van der Waals surface area contributed by atoms with Gasteiger partial charge in [-0.15, -0.1) is 0 Å². The maximum atomic E-state index is 12.9. The number of ketones is 1. The highest BCUT2D eigenvalue weighted by atomic mass is 32.2. The number of hydrogen-bond donors (Lipinski definition) is 0. The van der Waals surface area contributed by atoms with Gasteiger partial charge in [-0.1, -0.05) is 51.4 Å². The van der Waals surface area contributed by atoms with Crippen LogP contribution in [0.15, 0.2) is 0 Å². The van der Waals surface area contributed by atoms with E-state index in [0.29, 0.717) is 25.9 Å². The molecule has 0 radical (unpaired) electrons. The summed E-state index contributed by atoms with van der Waals surface area (Å²) in [5, 5.41) is -0.773. The normalized spacial score (nSPS) is 27.8. The second kappa shape index (κ2) is 9.02. The van der Waals surface area contributed by atoms with Gasteiger partial charge in [-0.05, 0) is 25.7 Å². The number of hydrogen-bond acceptors (Lipinski definition) is 3. The van der Waals surface area contributed by atoms with Crippen molar-refractivity contribution in [3.8, 4) is 0 Å². The van der Waals surface area contributed by atoms with E-state index in [1.165, 1.54) is 25.7 Å². The highest BCUT2D eigenvalue weighted by molar-refractivity contribution is 7.90. The van der Waals surface area contributed by atoms with Crippen molar-refractivity contribution < 1.29 is 13.2 Å². The lowest BCUT2D eigenvalue weighted by atomic mass is 10.0. The Hall–Kier alpha value is -0.420. The summed E-state index contributed by atoms with van der Waals surface area (Å²) in [5.74, 6) is -0.0360. The lowest BCUT2D eigenvalue weighted by molar-refractivity contribution is -0.119. The van der Waals surface area contributed by atoms with Crippen LogP contribution < -0.4 is 0 Å². The van der Waals surface area contributed by atoms with Crippen molar-refractivity contribution in [3.63, 3.8) is 0 Å². The maximum Gasteiger partial charge on any atom is 0.224 e. The van der Waals surface area contributed by atoms with Crippen molar-refractivity contribution in [3.05, 3.63) is 0 Å². The van der Waals surface area contributed by atoms with E-state index in [4.69, 9.17) is 0 Å². The first-order valence-electron chi connectivity index (χ1n) is 9.14. The number of Topliss-reactive ketones (excluding diaryl/α,β-unsaturated/α-hetero) is 1. The average molecular weight is 330 g/mol. The quantitative estimate of drug-likeness (QED) is 0.777. The zero-order chi connectivity index (χ0) is 15.8. The Labute approximate surface area is 135 Å². The van der Waals surface area contributed by atoms with Gasteiger partial charge >= 0.3 is 0 Å². The fraction of sp³-hybridized carbons (Fsp3) is 0.941. The molecule has 128 valence electrons. The lowest BCUT2D eigenvalue weighted by Gasteiger charge is -2.30. The minimum Gasteiger partial charge on any atom is -0.298 e. The summed E-state index contributed by atoms with van der Waals surface area (Å²) in [4.78, 5) is 12.5. The van der Waals surface area contributed by atoms with E-state index in [-0.39, 0.29) is 5.78 Å². The number of carbonyl (C=O) groups is 1. The summed E-state index contributed by atoms with van der Waals surface area (Å²) >= 11 is 0. The molecule has 0 spiro atoms. The summed E-state index contributed by atoms with van der Waals surface area (Å²) < 4.78 is 27.3. The molecular weight excluding hydrogens is 298 g/mol. The van der Waals surface area contributed by atoms with Crippen LogP contribution >= 0.6 is 0 Å². The summed E-state index contributed by atoms with van der Waals surface area (Å²) in [5.41, 5.74) is 0. The third-order valence-electron chi connectivity index (χ3n) is 5.03. The average Bonchev–Trinajstić information content (AvgIpc) is 2.51. The van der Waals surface area contributed by atoms with Crippen molar-refractivity contribution in [2.75, 3.05) is 13.1 Å². The molecule has 0 aromatic carbocycles. The van der Waals surface area contributed by atoms with Gasteiger partial charge in [-0.3, -0.25) is 4.79 Å². The standard InChI is InChI=1S/C17H31NO3S/c19-16-12-8-5-3-1-2-4-6-9-13-17(16)22(20,21)18-14-10-7-11-15-18/h17H,1-15H2. The highest BCUT2D eigenvalue weighted by Gasteiger charge is 2.36. The predicted octanol–water partition coefficient (Wildman–Crippen LogP) is 3.65. The molecule has 1 saturated carbocycles. The van der Waals surface area contributed by atoms with Crippen molar-refractivity contribution >= 4 is 15.8 Å². The van der Waals surface area contributed by atoms with Gasteiger partial charge < -0.3 is 0 Å². The summed E-state index contributed by atoms with van der Waals surface area (Å²) in [6, 6.07) is 0. The van der Waals surface area contributed by atoms with E-state index in [1.54, 1.807) is 4.31 Å². The second-order valence-corrected chi connectivity index (χ2v) is 8.94. The molecule has 2 aliphatic rings. The van der Waals surface area contributed by atoms with Crippen LogP contribution in [0.3, 0.4) is 0 Å². The Morgan fingerprint density at radius 1 is 0.727 bits per heavy atom. The zero-order valence-corrected chi connectivity index (χ0v) is 14.6. The molecule has 4 nitrogen and oxygen atoms in total. The van der Waals surface area contributed by atoms with Gasteiger partial charge in [0.05, 0.1) is 0 Å². The molecule has 1 aliphatic heterocycles. The molecule has 5 heteroatoms. The Kier molecular flexibility index (Phi) is 7.35. The maximum absolute atomic E-state index is 12.9. The van der Waals surface area contributed by atoms with Crippen molar-refractivity contribution in [1.29, 1.82) is 0 Å². The van der Waals surface area contributed by atoms with E-state index in [1.807, 2.05) is 0 Å². The van der Waals surface area contributed by atoms with Crippen LogP contribution in [-0.2, 0) is 14.8 Å². The van der Waals surface area contributed by atoms with Crippen LogP contribution in [0.25, 0.3) is 0 Å². The number of sulfonamides is 1. The van der Waals surface area contributed by atoms with Crippen LogP contribution in [0, 0.1) is 0 Å². The SMILES string of the molecule is O=C1CCCCCCCCCCC1S(=O)(=O)N1CCCCC1. The van der Waals surface area contributed by atoms with Gasteiger partial charge in [0.15, 0.2) is 5.78 Å². The van der Waals surface area contributed by atoms with Crippen LogP contribution in [-0.4, -0.2) is 36.8 Å². The van der Waals surface area contributed by atoms with Crippen LogP contribution in [0.2, 0.25) is 0 Å². The molecule has 0 aromatic rings. The van der Waals surface area contributed by atoms with E-state index < -0.39 is 15.3 Å². The summed E-state index contributed by atoms with van der Waals surface area (Å²) in [7, 11) is -3.44. The second-order valence-electron chi connectivity index (χ2n) is 6.83. The fourth-order valence-corrected chi connectivity index (χ4v) is 5.67. The van der Waals surface area contributed by atoms with E-state index in [9.17, 15) is 13.2 Å². The van der Waals surface area contributed by atoms with Crippen LogP contribution in [0.1, 0.15) is 83.5 Å². The molecule has 2 rings (SSSR count). The topological polar surface area (TPSA) is 54.5 Å². The Morgan fingerprint density at radius 3 is 1.86 bits per heavy atom. The number of rotatable bonds is 2. The first-order valence-corrected chi connectivity index (χ1v) is 10.6. The molecule has 1 heterocycles. The minimum absolute atomic E-state index is 0.0360. The summed E-state index contributed by atoms with van der Waals surface area (Å²) in [6.45, 7) is 1.21. The van der Waals surface area contributed by atoms with Gasteiger partial charge in [0.2, 0.25) is 10.0 Å². The minimum atomic E-state index is -3.44. The molecular formula is C17H31NO3S. The number of nitrogens with zero attached hydrogens (tertiary/aromatic N) is 1. The molecule has 1 saturated heterocycles. The summed E-state index contributed by atoms with van der Waals surface area (Å²) in [6.07, 6.45) is 12.6. The molecule has 0 amide bonds. The largest absolute Gasteiger partial charge is 0.298 e. The van der Waals surface area contributed by atoms with Gasteiger partial charge in [0.1, 0.15) is 5.25 Å². The number of piperidine rings is 1. The monoisotopic (exact) mass is 329 g/mol. The van der Waals surface area contributed by atoms with Gasteiger partial charge in [-0.25, -0.2) is 12.7 Å². The number of carbonyl (C=O) groups excluding carboxylic acids is 1. The molecule has 1 atom stereocenters. The molecule has 2 fully saturated rings. The molecule has 1 unspecified atom stereocenters. The van der Waals surface area contributed by atoms with Gasteiger partial charge in [0, 0.05) is 19.5 Å². The Balaban J connectivity index is 2.05. The first kappa shape index (κ1) is 17.9. The molecule has 0 N–H and O–H groups in total. The van der Waals surface area contributed by atoms with Crippen LogP contribution in [0.5, 0.6) is 0 Å². The zero-order valence-electron chi connectivity index (χ0n) is 13.8. The molecule has 22 heavy (non-hydrogen) atoms. The van der Waals surface area contributed by atoms with E-state index >= 15 is 0 Å². The van der Waals surface area contributed by atoms with E-state index in [0.717, 1.165) is 44.9 Å². The fourth-order valence-electron chi connectivity index (χ4n) is 3.63. The van der Waals surface area contributed by atoms with Crippen molar-refractivity contribution in [2.45, 2.75) is 88.7 Å². The smallest absolute Gasteiger partial charge is 0.224 e. The van der Waals surface area contributed by atoms with Gasteiger partial charge in [0.25, 0.3) is 0 Å². The third-order valence-corrected chi connectivity index (χ3v) is 7.34. The Bertz CT molecular complexity index is 441. The van der Waals surface area contributed by atoms with Gasteiger partial charge in [-0.2, -0.15) is 0 Å². The highest BCUT2D eigenvalue weighted by Crippen LogP contribution is 2.24. The van der Waals surface area contributed by atoms with Crippen molar-refractivity contribution in [1.82, 2.24) is 4.31 Å².